The van der Waals surface area contributed by atoms with Crippen LogP contribution in [0.5, 0.6) is 0 Å². The van der Waals surface area contributed by atoms with Gasteiger partial charge in [0.15, 0.2) is 0 Å². The van der Waals surface area contributed by atoms with Gasteiger partial charge in [-0.05, 0) is 24.8 Å². The molecule has 0 bridgehead atoms. The van der Waals surface area contributed by atoms with Crippen molar-refractivity contribution >= 4 is 17.7 Å². The molecule has 1 aromatic rings. The Morgan fingerprint density at radius 3 is 2.89 bits per heavy atom. The predicted molar refractivity (Wildman–Crippen MR) is 73.5 cm³/mol. The maximum Gasteiger partial charge on any atom is 0.326 e. The van der Waals surface area contributed by atoms with Crippen LogP contribution in [0.2, 0.25) is 0 Å². The second kappa shape index (κ2) is 5.42. The molecular formula is C13H20N4O2. The lowest BCUT2D eigenvalue weighted by atomic mass is 9.92. The Kier molecular flexibility index (Phi) is 3.87. The second-order valence-electron chi connectivity index (χ2n) is 5.29. The number of hydrogen-bond donors (Lipinski definition) is 1. The Labute approximate surface area is 113 Å². The average Bonchev–Trinajstić information content (AvgIpc) is 2.38. The van der Waals surface area contributed by atoms with Crippen LogP contribution >= 0.6 is 0 Å². The molecule has 6 nitrogen and oxygen atoms in total. The lowest BCUT2D eigenvalue weighted by molar-refractivity contribution is -0.139. The molecule has 0 radical (unpaired) electrons. The normalized spacial score (nSPS) is 23.2. The van der Waals surface area contributed by atoms with Crippen LogP contribution in [-0.2, 0) is 4.79 Å². The number of aliphatic carboxylic acids is 1. The summed E-state index contributed by atoms with van der Waals surface area (Å²) in [4.78, 5) is 23.7. The number of rotatable bonds is 3. The fourth-order valence-corrected chi connectivity index (χ4v) is 2.36. The van der Waals surface area contributed by atoms with E-state index in [1.807, 2.05) is 23.9 Å². The monoisotopic (exact) mass is 264 g/mol. The Bertz CT molecular complexity index is 464. The van der Waals surface area contributed by atoms with Crippen LogP contribution < -0.4 is 9.80 Å². The molecule has 19 heavy (non-hydrogen) atoms. The molecule has 2 atom stereocenters. The van der Waals surface area contributed by atoms with Crippen LogP contribution in [0, 0.1) is 5.92 Å². The summed E-state index contributed by atoms with van der Waals surface area (Å²) in [5, 5.41) is 9.37. The van der Waals surface area contributed by atoms with Crippen molar-refractivity contribution in [1.82, 2.24) is 9.97 Å². The SMILES string of the molecule is CC1CCN(c2ccnc(N(C)C)n2)C(C(=O)O)C1. The number of carbonyl (C=O) groups is 1. The van der Waals surface area contributed by atoms with E-state index in [-0.39, 0.29) is 0 Å². The molecule has 0 amide bonds. The number of aromatic nitrogens is 2. The third kappa shape index (κ3) is 2.94. The first kappa shape index (κ1) is 13.6. The number of carboxylic acid groups (broad SMARTS) is 1. The van der Waals surface area contributed by atoms with Gasteiger partial charge in [0.25, 0.3) is 0 Å². The molecule has 1 aliphatic rings. The van der Waals surface area contributed by atoms with E-state index in [0.717, 1.165) is 13.0 Å². The summed E-state index contributed by atoms with van der Waals surface area (Å²) in [5.41, 5.74) is 0. The van der Waals surface area contributed by atoms with Crippen molar-refractivity contribution in [2.45, 2.75) is 25.8 Å². The zero-order valence-corrected chi connectivity index (χ0v) is 11.6. The summed E-state index contributed by atoms with van der Waals surface area (Å²) < 4.78 is 0. The van der Waals surface area contributed by atoms with Crippen molar-refractivity contribution in [3.8, 4) is 0 Å². The first-order valence-corrected chi connectivity index (χ1v) is 6.49. The zero-order chi connectivity index (χ0) is 14.0. The van der Waals surface area contributed by atoms with E-state index >= 15 is 0 Å². The Balaban J connectivity index is 2.28. The summed E-state index contributed by atoms with van der Waals surface area (Å²) in [6.07, 6.45) is 3.33. The Morgan fingerprint density at radius 1 is 1.53 bits per heavy atom. The molecule has 0 aromatic carbocycles. The highest BCUT2D eigenvalue weighted by molar-refractivity contribution is 5.78. The zero-order valence-electron chi connectivity index (χ0n) is 11.6. The highest BCUT2D eigenvalue weighted by Gasteiger charge is 2.32. The van der Waals surface area contributed by atoms with Crippen molar-refractivity contribution in [3.63, 3.8) is 0 Å². The molecule has 1 fully saturated rings. The molecule has 1 aromatic heterocycles. The van der Waals surface area contributed by atoms with Gasteiger partial charge in [0.1, 0.15) is 11.9 Å². The smallest absolute Gasteiger partial charge is 0.326 e. The van der Waals surface area contributed by atoms with Crippen molar-refractivity contribution in [3.05, 3.63) is 12.3 Å². The topological polar surface area (TPSA) is 69.6 Å². The molecule has 0 saturated carbocycles. The van der Waals surface area contributed by atoms with E-state index < -0.39 is 12.0 Å². The minimum absolute atomic E-state index is 0.438. The lowest BCUT2D eigenvalue weighted by Crippen LogP contribution is -2.47. The van der Waals surface area contributed by atoms with Gasteiger partial charge in [-0.2, -0.15) is 4.98 Å². The number of piperidine rings is 1. The molecule has 0 aliphatic carbocycles. The Morgan fingerprint density at radius 2 is 2.26 bits per heavy atom. The van der Waals surface area contributed by atoms with E-state index in [0.29, 0.717) is 24.1 Å². The van der Waals surface area contributed by atoms with Crippen LogP contribution in [0.1, 0.15) is 19.8 Å². The number of nitrogens with zero attached hydrogens (tertiary/aromatic N) is 4. The third-order valence-corrected chi connectivity index (χ3v) is 3.47. The maximum atomic E-state index is 11.4. The molecule has 2 rings (SSSR count). The van der Waals surface area contributed by atoms with E-state index in [9.17, 15) is 9.90 Å². The van der Waals surface area contributed by atoms with E-state index in [2.05, 4.69) is 16.9 Å². The fraction of sp³-hybridized carbons (Fsp3) is 0.615. The minimum Gasteiger partial charge on any atom is -0.480 e. The van der Waals surface area contributed by atoms with Gasteiger partial charge >= 0.3 is 5.97 Å². The average molecular weight is 264 g/mol. The van der Waals surface area contributed by atoms with Crippen LogP contribution in [0.15, 0.2) is 12.3 Å². The van der Waals surface area contributed by atoms with Gasteiger partial charge in [-0.3, -0.25) is 0 Å². The van der Waals surface area contributed by atoms with Crippen LogP contribution in [0.3, 0.4) is 0 Å². The molecular weight excluding hydrogens is 244 g/mol. The molecule has 104 valence electrons. The van der Waals surface area contributed by atoms with Crippen LogP contribution in [0.25, 0.3) is 0 Å². The highest BCUT2D eigenvalue weighted by Crippen LogP contribution is 2.27. The van der Waals surface area contributed by atoms with Crippen molar-refractivity contribution in [2.75, 3.05) is 30.4 Å². The van der Waals surface area contributed by atoms with Gasteiger partial charge in [-0.15, -0.1) is 0 Å². The van der Waals surface area contributed by atoms with Crippen LogP contribution in [0.4, 0.5) is 11.8 Å². The van der Waals surface area contributed by atoms with Crippen molar-refractivity contribution < 1.29 is 9.90 Å². The quantitative estimate of drug-likeness (QED) is 0.885. The maximum absolute atomic E-state index is 11.4. The molecule has 2 heterocycles. The summed E-state index contributed by atoms with van der Waals surface area (Å²) in [5.74, 6) is 0.947. The predicted octanol–water partition coefficient (Wildman–Crippen LogP) is 1.23. The van der Waals surface area contributed by atoms with Gasteiger partial charge in [0.2, 0.25) is 5.95 Å². The summed E-state index contributed by atoms with van der Waals surface area (Å²) >= 11 is 0. The molecule has 1 aliphatic heterocycles. The summed E-state index contributed by atoms with van der Waals surface area (Å²) in [6.45, 7) is 2.82. The first-order chi connectivity index (χ1) is 8.99. The summed E-state index contributed by atoms with van der Waals surface area (Å²) in [7, 11) is 3.73. The molecule has 2 unspecified atom stereocenters. The second-order valence-corrected chi connectivity index (χ2v) is 5.29. The first-order valence-electron chi connectivity index (χ1n) is 6.49. The molecule has 6 heteroatoms. The van der Waals surface area contributed by atoms with E-state index in [1.165, 1.54) is 0 Å². The van der Waals surface area contributed by atoms with E-state index in [1.54, 1.807) is 12.3 Å². The summed E-state index contributed by atoms with van der Waals surface area (Å²) in [6, 6.07) is 1.28. The van der Waals surface area contributed by atoms with Gasteiger partial charge in [-0.1, -0.05) is 6.92 Å². The van der Waals surface area contributed by atoms with Gasteiger partial charge in [-0.25, -0.2) is 9.78 Å². The molecule has 0 spiro atoms. The van der Waals surface area contributed by atoms with Gasteiger partial charge < -0.3 is 14.9 Å². The third-order valence-electron chi connectivity index (χ3n) is 3.47. The largest absolute Gasteiger partial charge is 0.480 e. The number of hydrogen-bond acceptors (Lipinski definition) is 5. The number of anilines is 2. The molecule has 1 N–H and O–H groups in total. The minimum atomic E-state index is -0.781. The Hall–Kier alpha value is -1.85. The van der Waals surface area contributed by atoms with Crippen LogP contribution in [-0.4, -0.2) is 47.7 Å². The molecule has 1 saturated heterocycles. The van der Waals surface area contributed by atoms with E-state index in [4.69, 9.17) is 0 Å². The van der Waals surface area contributed by atoms with Crippen molar-refractivity contribution in [1.29, 1.82) is 0 Å². The standard InChI is InChI=1S/C13H20N4O2/c1-9-5-7-17(10(8-9)12(18)19)11-4-6-14-13(15-11)16(2)3/h4,6,9-10H,5,7-8H2,1-3H3,(H,18,19). The van der Waals surface area contributed by atoms with Gasteiger partial charge in [0, 0.05) is 26.8 Å². The number of carboxylic acids is 1. The van der Waals surface area contributed by atoms with Gasteiger partial charge in [0.05, 0.1) is 0 Å². The lowest BCUT2D eigenvalue weighted by Gasteiger charge is -2.36. The highest BCUT2D eigenvalue weighted by atomic mass is 16.4. The fourth-order valence-electron chi connectivity index (χ4n) is 2.36. The van der Waals surface area contributed by atoms with Crippen molar-refractivity contribution in [2.24, 2.45) is 5.92 Å².